The van der Waals surface area contributed by atoms with E-state index < -0.39 is 0 Å². The molecule has 1 N–H and O–H groups in total. The molecule has 0 saturated carbocycles. The Morgan fingerprint density at radius 1 is 1.44 bits per heavy atom. The van der Waals surface area contributed by atoms with Gasteiger partial charge in [0.25, 0.3) is 0 Å². The van der Waals surface area contributed by atoms with Crippen LogP contribution in [-0.4, -0.2) is 6.41 Å². The van der Waals surface area contributed by atoms with Crippen molar-refractivity contribution in [1.82, 2.24) is 5.32 Å². The summed E-state index contributed by atoms with van der Waals surface area (Å²) in [4.78, 5) is 9.86. The zero-order valence-electron chi connectivity index (χ0n) is 5.72. The number of carbonyl (C=O) groups is 1. The Kier molecular flexibility index (Phi) is 4.50. The predicted molar refractivity (Wildman–Crippen MR) is 37.8 cm³/mol. The fourth-order valence-corrected chi connectivity index (χ4v) is 0.475. The third kappa shape index (κ3) is 3.53. The molecule has 0 aliphatic heterocycles. The molecule has 0 radical (unpaired) electrons. The van der Waals surface area contributed by atoms with E-state index in [4.69, 9.17) is 0 Å². The molecule has 0 aliphatic rings. The van der Waals surface area contributed by atoms with Crippen LogP contribution in [0.3, 0.4) is 0 Å². The van der Waals surface area contributed by atoms with Crippen molar-refractivity contribution in [2.24, 2.45) is 0 Å². The lowest BCUT2D eigenvalue weighted by molar-refractivity contribution is -0.108. The smallest absolute Gasteiger partial charge is 0.211 e. The maximum Gasteiger partial charge on any atom is 0.211 e. The Labute approximate surface area is 55.3 Å². The fourth-order valence-electron chi connectivity index (χ4n) is 0.475. The van der Waals surface area contributed by atoms with Crippen molar-refractivity contribution in [2.75, 3.05) is 0 Å². The standard InChI is InChI=1S/C7H11NO/c1-3-5-7(4-2)8-6-9/h3-6H,1-2H3,(H,8,9)/b5-3-,7-4?. The van der Waals surface area contributed by atoms with Crippen LogP contribution in [0, 0.1) is 0 Å². The van der Waals surface area contributed by atoms with Crippen LogP contribution >= 0.6 is 0 Å². The van der Waals surface area contributed by atoms with Crippen molar-refractivity contribution in [3.8, 4) is 0 Å². The van der Waals surface area contributed by atoms with E-state index in [1.54, 1.807) is 0 Å². The Morgan fingerprint density at radius 3 is 2.44 bits per heavy atom. The van der Waals surface area contributed by atoms with Crippen LogP contribution in [0.2, 0.25) is 0 Å². The highest BCUT2D eigenvalue weighted by Gasteiger charge is 1.81. The largest absolute Gasteiger partial charge is 0.329 e. The Morgan fingerprint density at radius 2 is 2.11 bits per heavy atom. The molecule has 0 aromatic carbocycles. The minimum absolute atomic E-state index is 0.662. The normalized spacial score (nSPS) is 12.0. The molecule has 0 heterocycles. The molecule has 0 saturated heterocycles. The lowest BCUT2D eigenvalue weighted by atomic mass is 10.4. The summed E-state index contributed by atoms with van der Waals surface area (Å²) < 4.78 is 0. The van der Waals surface area contributed by atoms with Gasteiger partial charge in [-0.3, -0.25) is 4.79 Å². The molecule has 0 atom stereocenters. The third-order valence-electron chi connectivity index (χ3n) is 0.883. The van der Waals surface area contributed by atoms with E-state index in [0.29, 0.717) is 6.41 Å². The molecule has 0 aliphatic carbocycles. The first-order chi connectivity index (χ1) is 4.35. The molecular weight excluding hydrogens is 114 g/mol. The van der Waals surface area contributed by atoms with Crippen molar-refractivity contribution in [1.29, 1.82) is 0 Å². The Hall–Kier alpha value is -1.05. The quantitative estimate of drug-likeness (QED) is 0.446. The van der Waals surface area contributed by atoms with E-state index >= 15 is 0 Å². The summed E-state index contributed by atoms with van der Waals surface area (Å²) in [6.07, 6.45) is 6.18. The average molecular weight is 125 g/mol. The van der Waals surface area contributed by atoms with Gasteiger partial charge in [-0.1, -0.05) is 12.2 Å². The summed E-state index contributed by atoms with van der Waals surface area (Å²) in [6.45, 7) is 3.77. The molecule has 9 heavy (non-hydrogen) atoms. The Bertz CT molecular complexity index is 136. The lowest BCUT2D eigenvalue weighted by Crippen LogP contribution is -2.07. The van der Waals surface area contributed by atoms with E-state index in [9.17, 15) is 4.79 Å². The van der Waals surface area contributed by atoms with Crippen LogP contribution in [0.4, 0.5) is 0 Å². The average Bonchev–Trinajstić information content (AvgIpc) is 1.88. The van der Waals surface area contributed by atoms with Crippen LogP contribution in [0.25, 0.3) is 0 Å². The van der Waals surface area contributed by atoms with Gasteiger partial charge in [-0.15, -0.1) is 0 Å². The van der Waals surface area contributed by atoms with Gasteiger partial charge in [-0.2, -0.15) is 0 Å². The molecular formula is C7H11NO. The van der Waals surface area contributed by atoms with Gasteiger partial charge in [0.15, 0.2) is 0 Å². The van der Waals surface area contributed by atoms with Gasteiger partial charge in [0.2, 0.25) is 6.41 Å². The van der Waals surface area contributed by atoms with Crippen molar-refractivity contribution < 1.29 is 4.79 Å². The first-order valence-electron chi connectivity index (χ1n) is 2.84. The topological polar surface area (TPSA) is 29.1 Å². The molecule has 2 nitrogen and oxygen atoms in total. The molecule has 0 fully saturated rings. The van der Waals surface area contributed by atoms with E-state index in [0.717, 1.165) is 5.70 Å². The minimum Gasteiger partial charge on any atom is -0.329 e. The molecule has 0 unspecified atom stereocenters. The monoisotopic (exact) mass is 125 g/mol. The summed E-state index contributed by atoms with van der Waals surface area (Å²) in [6, 6.07) is 0. The van der Waals surface area contributed by atoms with E-state index in [1.807, 2.05) is 32.1 Å². The number of hydrogen-bond donors (Lipinski definition) is 1. The number of amides is 1. The highest BCUT2D eigenvalue weighted by atomic mass is 16.1. The predicted octanol–water partition coefficient (Wildman–Crippen LogP) is 1.21. The van der Waals surface area contributed by atoms with E-state index in [-0.39, 0.29) is 0 Å². The molecule has 1 amide bonds. The first kappa shape index (κ1) is 7.95. The van der Waals surface area contributed by atoms with Crippen LogP contribution in [0.15, 0.2) is 23.9 Å². The second-order valence-electron chi connectivity index (χ2n) is 1.51. The van der Waals surface area contributed by atoms with Gasteiger partial charge in [-0.05, 0) is 19.9 Å². The lowest BCUT2D eigenvalue weighted by Gasteiger charge is -1.93. The van der Waals surface area contributed by atoms with Crippen LogP contribution in [-0.2, 0) is 4.79 Å². The molecule has 0 aromatic heterocycles. The van der Waals surface area contributed by atoms with E-state index in [2.05, 4.69) is 5.32 Å². The second kappa shape index (κ2) is 5.09. The van der Waals surface area contributed by atoms with Gasteiger partial charge >= 0.3 is 0 Å². The number of carbonyl (C=O) groups excluding carboxylic acids is 1. The summed E-state index contributed by atoms with van der Waals surface area (Å²) in [5.41, 5.74) is 0.826. The SMILES string of the molecule is CC=C(/C=C\C)NC=O. The molecule has 0 aromatic rings. The first-order valence-corrected chi connectivity index (χ1v) is 2.84. The summed E-state index contributed by atoms with van der Waals surface area (Å²) >= 11 is 0. The zero-order valence-corrected chi connectivity index (χ0v) is 5.72. The molecule has 2 heteroatoms. The number of rotatable bonds is 3. The van der Waals surface area contributed by atoms with Gasteiger partial charge in [0, 0.05) is 5.70 Å². The van der Waals surface area contributed by atoms with Gasteiger partial charge in [-0.25, -0.2) is 0 Å². The van der Waals surface area contributed by atoms with Gasteiger partial charge in [0.05, 0.1) is 0 Å². The summed E-state index contributed by atoms with van der Waals surface area (Å²) in [7, 11) is 0. The maximum atomic E-state index is 9.86. The van der Waals surface area contributed by atoms with E-state index in [1.165, 1.54) is 0 Å². The number of nitrogens with one attached hydrogen (secondary N) is 1. The molecule has 50 valence electrons. The molecule has 0 rings (SSSR count). The van der Waals surface area contributed by atoms with Crippen LogP contribution in [0.5, 0.6) is 0 Å². The van der Waals surface area contributed by atoms with Crippen LogP contribution < -0.4 is 5.32 Å². The van der Waals surface area contributed by atoms with Crippen molar-refractivity contribution in [3.05, 3.63) is 23.9 Å². The molecule has 0 spiro atoms. The maximum absolute atomic E-state index is 9.86. The van der Waals surface area contributed by atoms with Crippen molar-refractivity contribution in [2.45, 2.75) is 13.8 Å². The van der Waals surface area contributed by atoms with Gasteiger partial charge in [0.1, 0.15) is 0 Å². The number of allylic oxidation sites excluding steroid dienone is 3. The highest BCUT2D eigenvalue weighted by molar-refractivity contribution is 5.51. The summed E-state index contributed by atoms with van der Waals surface area (Å²) in [5.74, 6) is 0. The van der Waals surface area contributed by atoms with Crippen molar-refractivity contribution >= 4 is 6.41 Å². The van der Waals surface area contributed by atoms with Crippen molar-refractivity contribution in [3.63, 3.8) is 0 Å². The van der Waals surface area contributed by atoms with Crippen LogP contribution in [0.1, 0.15) is 13.8 Å². The minimum atomic E-state index is 0.662. The summed E-state index contributed by atoms with van der Waals surface area (Å²) in [5, 5.41) is 2.53. The number of hydrogen-bond acceptors (Lipinski definition) is 1. The Balaban J connectivity index is 3.84. The zero-order chi connectivity index (χ0) is 7.11. The highest BCUT2D eigenvalue weighted by Crippen LogP contribution is 1.87. The fraction of sp³-hybridized carbons (Fsp3) is 0.286. The molecule has 0 bridgehead atoms. The third-order valence-corrected chi connectivity index (χ3v) is 0.883. The second-order valence-corrected chi connectivity index (χ2v) is 1.51. The van der Waals surface area contributed by atoms with Gasteiger partial charge < -0.3 is 5.32 Å².